The van der Waals surface area contributed by atoms with Crippen molar-refractivity contribution in [3.8, 4) is 11.5 Å². The van der Waals surface area contributed by atoms with Crippen LogP contribution in [0.25, 0.3) is 0 Å². The standard InChI is InChI=1S/C20H21NO5S/c22-19(21-14-6-7-15-16(11-14)25-9-3-8-24-15)12-26-20(23)18-10-13-4-1-2-5-17(13)27-18/h6-7,10-11H,1-5,8-9,12H2,(H,21,22). The second-order valence-corrected chi connectivity index (χ2v) is 7.74. The van der Waals surface area contributed by atoms with E-state index in [1.54, 1.807) is 18.2 Å². The highest BCUT2D eigenvalue weighted by atomic mass is 32.1. The molecule has 0 unspecified atom stereocenters. The van der Waals surface area contributed by atoms with E-state index in [-0.39, 0.29) is 12.5 Å². The Morgan fingerprint density at radius 3 is 2.70 bits per heavy atom. The van der Waals surface area contributed by atoms with Gasteiger partial charge < -0.3 is 19.5 Å². The van der Waals surface area contributed by atoms with Gasteiger partial charge >= 0.3 is 5.97 Å². The van der Waals surface area contributed by atoms with Crippen molar-refractivity contribution in [2.75, 3.05) is 25.1 Å². The molecular weight excluding hydrogens is 366 g/mol. The number of carbonyl (C=O) groups excluding carboxylic acids is 2. The van der Waals surface area contributed by atoms with Gasteiger partial charge in [0.05, 0.1) is 13.2 Å². The zero-order valence-corrected chi connectivity index (χ0v) is 15.7. The van der Waals surface area contributed by atoms with Crippen molar-refractivity contribution in [3.05, 3.63) is 39.6 Å². The normalized spacial score (nSPS) is 15.4. The van der Waals surface area contributed by atoms with Gasteiger partial charge in [-0.2, -0.15) is 0 Å². The minimum atomic E-state index is -0.441. The van der Waals surface area contributed by atoms with Crippen LogP contribution in [-0.4, -0.2) is 31.7 Å². The largest absolute Gasteiger partial charge is 0.490 e. The first-order valence-corrected chi connectivity index (χ1v) is 9.99. The lowest BCUT2D eigenvalue weighted by molar-refractivity contribution is -0.119. The number of hydrogen-bond acceptors (Lipinski definition) is 6. The van der Waals surface area contributed by atoms with Crippen molar-refractivity contribution >= 4 is 28.9 Å². The Morgan fingerprint density at radius 1 is 1.04 bits per heavy atom. The van der Waals surface area contributed by atoms with E-state index in [1.165, 1.54) is 28.2 Å². The molecule has 4 rings (SSSR count). The first-order chi connectivity index (χ1) is 13.2. The van der Waals surface area contributed by atoms with Gasteiger partial charge in [0.1, 0.15) is 4.88 Å². The van der Waals surface area contributed by atoms with Crippen LogP contribution in [0, 0.1) is 0 Å². The fourth-order valence-corrected chi connectivity index (χ4v) is 4.38. The number of hydrogen-bond donors (Lipinski definition) is 1. The van der Waals surface area contributed by atoms with Crippen LogP contribution in [0.1, 0.15) is 39.4 Å². The summed E-state index contributed by atoms with van der Waals surface area (Å²) in [5, 5.41) is 2.72. The van der Waals surface area contributed by atoms with E-state index in [9.17, 15) is 9.59 Å². The van der Waals surface area contributed by atoms with E-state index in [0.29, 0.717) is 35.3 Å². The van der Waals surface area contributed by atoms with E-state index in [1.807, 2.05) is 6.07 Å². The molecule has 1 aromatic heterocycles. The third-order valence-electron chi connectivity index (χ3n) is 4.56. The maximum Gasteiger partial charge on any atom is 0.348 e. The summed E-state index contributed by atoms with van der Waals surface area (Å²) in [4.78, 5) is 26.2. The van der Waals surface area contributed by atoms with Gasteiger partial charge in [0.25, 0.3) is 5.91 Å². The third kappa shape index (κ3) is 4.24. The van der Waals surface area contributed by atoms with Crippen LogP contribution in [-0.2, 0) is 22.4 Å². The summed E-state index contributed by atoms with van der Waals surface area (Å²) in [5.74, 6) is 0.437. The predicted molar refractivity (Wildman–Crippen MR) is 102 cm³/mol. The maximum absolute atomic E-state index is 12.2. The number of rotatable bonds is 4. The molecule has 2 aromatic rings. The number of aryl methyl sites for hydroxylation is 2. The van der Waals surface area contributed by atoms with E-state index in [0.717, 1.165) is 25.7 Å². The van der Waals surface area contributed by atoms with Crippen LogP contribution in [0.15, 0.2) is 24.3 Å². The highest BCUT2D eigenvalue weighted by Crippen LogP contribution is 2.32. The summed E-state index contributed by atoms with van der Waals surface area (Å²) in [6.07, 6.45) is 5.19. The molecule has 0 atom stereocenters. The Morgan fingerprint density at radius 2 is 1.85 bits per heavy atom. The van der Waals surface area contributed by atoms with Gasteiger partial charge in [-0.1, -0.05) is 0 Å². The van der Waals surface area contributed by atoms with Gasteiger partial charge in [0.2, 0.25) is 0 Å². The fourth-order valence-electron chi connectivity index (χ4n) is 3.23. The molecule has 1 N–H and O–H groups in total. The SMILES string of the molecule is O=C(COC(=O)c1cc2c(s1)CCCC2)Nc1ccc2c(c1)OCCCO2. The van der Waals surface area contributed by atoms with Crippen molar-refractivity contribution in [1.82, 2.24) is 0 Å². The maximum atomic E-state index is 12.2. The molecule has 1 aliphatic carbocycles. The summed E-state index contributed by atoms with van der Waals surface area (Å²) in [7, 11) is 0. The van der Waals surface area contributed by atoms with Crippen LogP contribution in [0.3, 0.4) is 0 Å². The number of amides is 1. The Kier molecular flexibility index (Phi) is 5.29. The number of fused-ring (bicyclic) bond motifs is 2. The Labute approximate surface area is 161 Å². The lowest BCUT2D eigenvalue weighted by atomic mass is 9.99. The Hall–Kier alpha value is -2.54. The van der Waals surface area contributed by atoms with E-state index in [4.69, 9.17) is 14.2 Å². The van der Waals surface area contributed by atoms with Crippen molar-refractivity contribution in [3.63, 3.8) is 0 Å². The average molecular weight is 387 g/mol. The third-order valence-corrected chi connectivity index (χ3v) is 5.78. The second kappa shape index (κ2) is 8.00. The van der Waals surface area contributed by atoms with Crippen molar-refractivity contribution in [2.45, 2.75) is 32.1 Å². The number of carbonyl (C=O) groups is 2. The molecule has 1 aliphatic heterocycles. The number of ether oxygens (including phenoxy) is 3. The van der Waals surface area contributed by atoms with Crippen molar-refractivity contribution < 1.29 is 23.8 Å². The van der Waals surface area contributed by atoms with Crippen LogP contribution < -0.4 is 14.8 Å². The number of benzene rings is 1. The second-order valence-electron chi connectivity index (χ2n) is 6.60. The van der Waals surface area contributed by atoms with Gasteiger partial charge in [-0.15, -0.1) is 11.3 Å². The minimum absolute atomic E-state index is 0.324. The lowest BCUT2D eigenvalue weighted by Crippen LogP contribution is -2.20. The molecule has 7 heteroatoms. The number of nitrogens with one attached hydrogen (secondary N) is 1. The Balaban J connectivity index is 1.32. The molecular formula is C20H21NO5S. The predicted octanol–water partition coefficient (Wildman–Crippen LogP) is 3.58. The first-order valence-electron chi connectivity index (χ1n) is 9.17. The van der Waals surface area contributed by atoms with Crippen molar-refractivity contribution in [1.29, 1.82) is 0 Å². The molecule has 142 valence electrons. The number of thiophene rings is 1. The van der Waals surface area contributed by atoms with Gasteiger partial charge in [-0.3, -0.25) is 4.79 Å². The van der Waals surface area contributed by atoms with E-state index in [2.05, 4.69) is 5.32 Å². The molecule has 1 aromatic carbocycles. The molecule has 27 heavy (non-hydrogen) atoms. The Bertz CT molecular complexity index is 837. The molecule has 0 fully saturated rings. The molecule has 1 amide bonds. The first kappa shape index (κ1) is 17.9. The summed E-state index contributed by atoms with van der Waals surface area (Å²) in [5.41, 5.74) is 1.82. The zero-order valence-electron chi connectivity index (χ0n) is 14.9. The summed E-state index contributed by atoms with van der Waals surface area (Å²) >= 11 is 1.48. The molecule has 6 nitrogen and oxygen atoms in total. The highest BCUT2D eigenvalue weighted by molar-refractivity contribution is 7.14. The summed E-state index contributed by atoms with van der Waals surface area (Å²) in [6.45, 7) is 0.865. The van der Waals surface area contributed by atoms with Crippen LogP contribution in [0.5, 0.6) is 11.5 Å². The monoisotopic (exact) mass is 387 g/mol. The molecule has 0 radical (unpaired) electrons. The topological polar surface area (TPSA) is 73.9 Å². The number of esters is 1. The highest BCUT2D eigenvalue weighted by Gasteiger charge is 2.19. The lowest BCUT2D eigenvalue weighted by Gasteiger charge is -2.10. The minimum Gasteiger partial charge on any atom is -0.490 e. The van der Waals surface area contributed by atoms with E-state index < -0.39 is 5.97 Å². The van der Waals surface area contributed by atoms with Gasteiger partial charge in [0.15, 0.2) is 18.1 Å². The average Bonchev–Trinajstić information content (AvgIpc) is 2.98. The molecule has 0 saturated carbocycles. The summed E-state index contributed by atoms with van der Waals surface area (Å²) in [6, 6.07) is 7.12. The molecule has 2 heterocycles. The van der Waals surface area contributed by atoms with Crippen LogP contribution in [0.2, 0.25) is 0 Å². The van der Waals surface area contributed by atoms with Crippen LogP contribution >= 0.6 is 11.3 Å². The molecule has 2 aliphatic rings. The van der Waals surface area contributed by atoms with Gasteiger partial charge in [-0.05, 0) is 49.4 Å². The summed E-state index contributed by atoms with van der Waals surface area (Å²) < 4.78 is 16.3. The van der Waals surface area contributed by atoms with Gasteiger partial charge in [-0.25, -0.2) is 4.79 Å². The fraction of sp³-hybridized carbons (Fsp3) is 0.400. The van der Waals surface area contributed by atoms with Crippen LogP contribution in [0.4, 0.5) is 5.69 Å². The smallest absolute Gasteiger partial charge is 0.348 e. The van der Waals surface area contributed by atoms with Gasteiger partial charge in [0, 0.05) is 23.1 Å². The van der Waals surface area contributed by atoms with Crippen molar-refractivity contribution in [2.24, 2.45) is 0 Å². The molecule has 0 saturated heterocycles. The van der Waals surface area contributed by atoms with E-state index >= 15 is 0 Å². The zero-order chi connectivity index (χ0) is 18.6. The quantitative estimate of drug-likeness (QED) is 0.812. The molecule has 0 bridgehead atoms. The molecule has 0 spiro atoms. The number of anilines is 1.